The van der Waals surface area contributed by atoms with Crippen LogP contribution < -0.4 is 9.64 Å². The zero-order chi connectivity index (χ0) is 14.5. The highest BCUT2D eigenvalue weighted by molar-refractivity contribution is 5.38. The molecule has 110 valence electrons. The third kappa shape index (κ3) is 3.66. The maximum Gasteiger partial charge on any atom is 0.233 e. The first-order chi connectivity index (χ1) is 10.3. The molecular formula is C15H16FN3O2. The van der Waals surface area contributed by atoms with Crippen molar-refractivity contribution in [3.8, 4) is 5.88 Å². The predicted octanol–water partition coefficient (Wildman–Crippen LogP) is 2.03. The fourth-order valence-electron chi connectivity index (χ4n) is 2.14. The normalized spacial score (nSPS) is 15.0. The van der Waals surface area contributed by atoms with Crippen LogP contribution >= 0.6 is 0 Å². The molecule has 3 rings (SSSR count). The minimum atomic E-state index is -0.273. The summed E-state index contributed by atoms with van der Waals surface area (Å²) in [4.78, 5) is 2.12. The van der Waals surface area contributed by atoms with E-state index in [0.717, 1.165) is 24.5 Å². The number of hydrogen-bond acceptors (Lipinski definition) is 5. The number of hydrogen-bond donors (Lipinski definition) is 0. The van der Waals surface area contributed by atoms with E-state index in [1.165, 1.54) is 12.1 Å². The van der Waals surface area contributed by atoms with Crippen LogP contribution in [0.25, 0.3) is 0 Å². The molecule has 1 aromatic carbocycles. The van der Waals surface area contributed by atoms with E-state index in [1.54, 1.807) is 18.2 Å². The van der Waals surface area contributed by atoms with Gasteiger partial charge >= 0.3 is 0 Å². The van der Waals surface area contributed by atoms with E-state index in [2.05, 4.69) is 15.1 Å². The minimum absolute atomic E-state index is 0.267. The Morgan fingerprint density at radius 3 is 2.71 bits per heavy atom. The second-order valence-electron chi connectivity index (χ2n) is 4.75. The number of rotatable bonds is 4. The zero-order valence-corrected chi connectivity index (χ0v) is 11.5. The molecule has 6 heteroatoms. The molecule has 21 heavy (non-hydrogen) atoms. The van der Waals surface area contributed by atoms with Crippen LogP contribution in [-0.2, 0) is 11.3 Å². The second-order valence-corrected chi connectivity index (χ2v) is 4.75. The SMILES string of the molecule is Fc1cccc(COc2ccc(N3CCOCC3)nn2)c1. The van der Waals surface area contributed by atoms with E-state index in [1.807, 2.05) is 6.07 Å². The van der Waals surface area contributed by atoms with Gasteiger partial charge in [-0.15, -0.1) is 10.2 Å². The first-order valence-corrected chi connectivity index (χ1v) is 6.85. The molecule has 5 nitrogen and oxygen atoms in total. The molecule has 1 saturated heterocycles. The maximum absolute atomic E-state index is 13.1. The van der Waals surface area contributed by atoms with Crippen molar-refractivity contribution in [1.82, 2.24) is 10.2 Å². The van der Waals surface area contributed by atoms with Crippen molar-refractivity contribution in [1.29, 1.82) is 0 Å². The number of nitrogens with zero attached hydrogens (tertiary/aromatic N) is 3. The van der Waals surface area contributed by atoms with Gasteiger partial charge in [0, 0.05) is 19.2 Å². The summed E-state index contributed by atoms with van der Waals surface area (Å²) in [5.74, 6) is 0.970. The van der Waals surface area contributed by atoms with Gasteiger partial charge in [-0.05, 0) is 23.8 Å². The number of aromatic nitrogens is 2. The Morgan fingerprint density at radius 2 is 2.00 bits per heavy atom. The number of anilines is 1. The van der Waals surface area contributed by atoms with Crippen LogP contribution in [0.3, 0.4) is 0 Å². The molecule has 0 amide bonds. The first kappa shape index (κ1) is 13.8. The number of ether oxygens (including phenoxy) is 2. The topological polar surface area (TPSA) is 47.5 Å². The van der Waals surface area contributed by atoms with Crippen molar-refractivity contribution >= 4 is 5.82 Å². The summed E-state index contributed by atoms with van der Waals surface area (Å²) in [7, 11) is 0. The molecule has 0 spiro atoms. The molecule has 2 aromatic rings. The summed E-state index contributed by atoms with van der Waals surface area (Å²) in [6, 6.07) is 9.95. The van der Waals surface area contributed by atoms with Crippen molar-refractivity contribution < 1.29 is 13.9 Å². The summed E-state index contributed by atoms with van der Waals surface area (Å²) in [5, 5.41) is 8.20. The van der Waals surface area contributed by atoms with Gasteiger partial charge < -0.3 is 14.4 Å². The average molecular weight is 289 g/mol. The highest BCUT2D eigenvalue weighted by Gasteiger charge is 2.12. The number of morpholine rings is 1. The van der Waals surface area contributed by atoms with Crippen molar-refractivity contribution in [2.75, 3.05) is 31.2 Å². The zero-order valence-electron chi connectivity index (χ0n) is 11.5. The molecule has 0 unspecified atom stereocenters. The van der Waals surface area contributed by atoms with E-state index < -0.39 is 0 Å². The fraction of sp³-hybridized carbons (Fsp3) is 0.333. The van der Waals surface area contributed by atoms with E-state index in [-0.39, 0.29) is 12.4 Å². The van der Waals surface area contributed by atoms with Gasteiger partial charge in [0.25, 0.3) is 0 Å². The molecule has 2 heterocycles. The maximum atomic E-state index is 13.1. The lowest BCUT2D eigenvalue weighted by molar-refractivity contribution is 0.122. The lowest BCUT2D eigenvalue weighted by atomic mass is 10.2. The molecular weight excluding hydrogens is 273 g/mol. The minimum Gasteiger partial charge on any atom is -0.472 e. The Kier molecular flexibility index (Phi) is 4.25. The largest absolute Gasteiger partial charge is 0.472 e. The molecule has 0 bridgehead atoms. The molecule has 1 aliphatic rings. The number of halogens is 1. The van der Waals surface area contributed by atoms with E-state index in [0.29, 0.717) is 19.1 Å². The monoisotopic (exact) mass is 289 g/mol. The van der Waals surface area contributed by atoms with Crippen LogP contribution in [0.4, 0.5) is 10.2 Å². The lowest BCUT2D eigenvalue weighted by Gasteiger charge is -2.27. The molecule has 1 aliphatic heterocycles. The van der Waals surface area contributed by atoms with Crippen LogP contribution in [0, 0.1) is 5.82 Å². The van der Waals surface area contributed by atoms with Crippen LogP contribution in [0.2, 0.25) is 0 Å². The Bertz CT molecular complexity index is 586. The van der Waals surface area contributed by atoms with Gasteiger partial charge in [-0.1, -0.05) is 12.1 Å². The first-order valence-electron chi connectivity index (χ1n) is 6.85. The average Bonchev–Trinajstić information content (AvgIpc) is 2.54. The fourth-order valence-corrected chi connectivity index (χ4v) is 2.14. The quantitative estimate of drug-likeness (QED) is 0.862. The van der Waals surface area contributed by atoms with E-state index in [9.17, 15) is 4.39 Å². The molecule has 1 aromatic heterocycles. The van der Waals surface area contributed by atoms with E-state index in [4.69, 9.17) is 9.47 Å². The van der Waals surface area contributed by atoms with Crippen molar-refractivity contribution in [2.45, 2.75) is 6.61 Å². The Labute approximate surface area is 122 Å². The molecule has 0 radical (unpaired) electrons. The van der Waals surface area contributed by atoms with E-state index >= 15 is 0 Å². The van der Waals surface area contributed by atoms with Crippen molar-refractivity contribution in [3.05, 3.63) is 47.8 Å². The summed E-state index contributed by atoms with van der Waals surface area (Å²) < 4.78 is 23.9. The second kappa shape index (κ2) is 6.49. The molecule has 0 N–H and O–H groups in total. The van der Waals surface area contributed by atoms with Gasteiger partial charge in [-0.2, -0.15) is 0 Å². The van der Waals surface area contributed by atoms with Gasteiger partial charge in [0.15, 0.2) is 5.82 Å². The Morgan fingerprint density at radius 1 is 1.14 bits per heavy atom. The third-order valence-corrected chi connectivity index (χ3v) is 3.24. The van der Waals surface area contributed by atoms with Gasteiger partial charge in [0.2, 0.25) is 5.88 Å². The third-order valence-electron chi connectivity index (χ3n) is 3.24. The van der Waals surface area contributed by atoms with Crippen LogP contribution in [0.5, 0.6) is 5.88 Å². The highest BCUT2D eigenvalue weighted by atomic mass is 19.1. The van der Waals surface area contributed by atoms with Crippen LogP contribution in [-0.4, -0.2) is 36.5 Å². The van der Waals surface area contributed by atoms with Gasteiger partial charge in [0.1, 0.15) is 12.4 Å². The summed E-state index contributed by atoms with van der Waals surface area (Å²) in [6.07, 6.45) is 0. The molecule has 0 atom stereocenters. The van der Waals surface area contributed by atoms with Gasteiger partial charge in [-0.3, -0.25) is 0 Å². The van der Waals surface area contributed by atoms with Crippen LogP contribution in [0.15, 0.2) is 36.4 Å². The molecule has 0 aliphatic carbocycles. The smallest absolute Gasteiger partial charge is 0.233 e. The molecule has 0 saturated carbocycles. The predicted molar refractivity (Wildman–Crippen MR) is 75.8 cm³/mol. The van der Waals surface area contributed by atoms with Gasteiger partial charge in [-0.25, -0.2) is 4.39 Å². The van der Waals surface area contributed by atoms with Crippen LogP contribution in [0.1, 0.15) is 5.56 Å². The lowest BCUT2D eigenvalue weighted by Crippen LogP contribution is -2.36. The highest BCUT2D eigenvalue weighted by Crippen LogP contribution is 2.15. The summed E-state index contributed by atoms with van der Waals surface area (Å²) >= 11 is 0. The van der Waals surface area contributed by atoms with Gasteiger partial charge in [0.05, 0.1) is 13.2 Å². The summed E-state index contributed by atoms with van der Waals surface area (Å²) in [6.45, 7) is 3.32. The Hall–Kier alpha value is -2.21. The van der Waals surface area contributed by atoms with Crippen molar-refractivity contribution in [3.63, 3.8) is 0 Å². The standard InChI is InChI=1S/C15H16FN3O2/c16-13-3-1-2-12(10-13)11-21-15-5-4-14(17-18-15)19-6-8-20-9-7-19/h1-5,10H,6-9,11H2. The number of benzene rings is 1. The summed E-state index contributed by atoms with van der Waals surface area (Å²) in [5.41, 5.74) is 0.758. The van der Waals surface area contributed by atoms with Crippen molar-refractivity contribution in [2.24, 2.45) is 0 Å². The Balaban J connectivity index is 1.59. The molecule has 1 fully saturated rings.